The molecule has 1 saturated heterocycles. The minimum Gasteiger partial charge on any atom is -0.497 e. The van der Waals surface area contributed by atoms with Gasteiger partial charge in [-0.3, -0.25) is 4.79 Å². The van der Waals surface area contributed by atoms with Crippen LogP contribution >= 0.6 is 11.6 Å². The summed E-state index contributed by atoms with van der Waals surface area (Å²) in [4.78, 5) is 19.5. The van der Waals surface area contributed by atoms with Crippen molar-refractivity contribution in [1.82, 2.24) is 9.55 Å². The van der Waals surface area contributed by atoms with Gasteiger partial charge in [0.25, 0.3) is 0 Å². The molecule has 2 heterocycles. The molecule has 0 aliphatic carbocycles. The van der Waals surface area contributed by atoms with Gasteiger partial charge in [0.2, 0.25) is 5.91 Å². The molecule has 0 radical (unpaired) electrons. The van der Waals surface area contributed by atoms with Crippen LogP contribution in [0.3, 0.4) is 0 Å². The number of carbonyl (C=O) groups is 1. The van der Waals surface area contributed by atoms with Crippen LogP contribution in [0, 0.1) is 5.82 Å². The van der Waals surface area contributed by atoms with Crippen LogP contribution in [0.15, 0.2) is 66.7 Å². The van der Waals surface area contributed by atoms with Crippen molar-refractivity contribution in [3.63, 3.8) is 0 Å². The maximum atomic E-state index is 14.6. The fourth-order valence-electron chi connectivity index (χ4n) is 4.31. The molecule has 0 unspecified atom stereocenters. The number of imidazole rings is 1. The molecule has 5 rings (SSSR count). The number of ether oxygens (including phenoxy) is 1. The number of carbonyl (C=O) groups excluding carboxylic acids is 1. The van der Waals surface area contributed by atoms with Crippen LogP contribution in [0.5, 0.6) is 5.75 Å². The topological polar surface area (TPSA) is 47.4 Å². The van der Waals surface area contributed by atoms with Crippen molar-refractivity contribution in [3.8, 4) is 5.75 Å². The van der Waals surface area contributed by atoms with Crippen molar-refractivity contribution in [2.45, 2.75) is 18.9 Å². The number of amides is 1. The van der Waals surface area contributed by atoms with Crippen molar-refractivity contribution >= 4 is 34.2 Å². The van der Waals surface area contributed by atoms with E-state index in [1.54, 1.807) is 24.1 Å². The number of halogens is 2. The molecule has 1 aliphatic heterocycles. The number of aromatic nitrogens is 2. The van der Waals surface area contributed by atoms with Gasteiger partial charge in [-0.05, 0) is 48.5 Å². The number of hydrogen-bond donors (Lipinski definition) is 0. The van der Waals surface area contributed by atoms with Crippen molar-refractivity contribution in [1.29, 1.82) is 0 Å². The Bertz CT molecular complexity index is 1280. The van der Waals surface area contributed by atoms with Crippen LogP contribution < -0.4 is 9.64 Å². The van der Waals surface area contributed by atoms with Crippen molar-refractivity contribution in [2.75, 3.05) is 18.6 Å². The van der Waals surface area contributed by atoms with E-state index in [2.05, 4.69) is 0 Å². The standard InChI is InChI=1S/C25H21ClFN3O2/c1-32-18-11-9-17(10-12-18)29-14-16(13-24(29)31)25-28-22-7-2-3-8-23(22)30(25)15-19-20(26)5-4-6-21(19)27/h2-12,16H,13-15H2,1H3/t16-/m1/s1. The number of fused-ring (bicyclic) bond motifs is 1. The van der Waals surface area contributed by atoms with E-state index in [0.29, 0.717) is 23.6 Å². The van der Waals surface area contributed by atoms with E-state index in [4.69, 9.17) is 21.3 Å². The second kappa shape index (κ2) is 8.28. The van der Waals surface area contributed by atoms with Gasteiger partial charge in [-0.25, -0.2) is 9.37 Å². The molecular weight excluding hydrogens is 429 g/mol. The second-order valence-corrected chi connectivity index (χ2v) is 8.26. The average molecular weight is 450 g/mol. The summed E-state index contributed by atoms with van der Waals surface area (Å²) in [6.45, 7) is 0.744. The van der Waals surface area contributed by atoms with Gasteiger partial charge in [0.15, 0.2) is 0 Å². The Morgan fingerprint density at radius 1 is 1.09 bits per heavy atom. The zero-order valence-corrected chi connectivity index (χ0v) is 18.2. The molecule has 5 nitrogen and oxygen atoms in total. The molecule has 3 aromatic carbocycles. The highest BCUT2D eigenvalue weighted by atomic mass is 35.5. The first-order chi connectivity index (χ1) is 15.5. The molecule has 7 heteroatoms. The zero-order chi connectivity index (χ0) is 22.2. The third-order valence-corrected chi connectivity index (χ3v) is 6.29. The number of benzene rings is 3. The predicted octanol–water partition coefficient (Wildman–Crippen LogP) is 5.41. The first-order valence-electron chi connectivity index (χ1n) is 10.4. The van der Waals surface area contributed by atoms with E-state index in [0.717, 1.165) is 28.3 Å². The Morgan fingerprint density at radius 2 is 1.88 bits per heavy atom. The SMILES string of the molecule is COc1ccc(N2C[C@H](c3nc4ccccc4n3Cc3c(F)cccc3Cl)CC2=O)cc1. The summed E-state index contributed by atoms with van der Waals surface area (Å²) < 4.78 is 21.8. The predicted molar refractivity (Wildman–Crippen MR) is 123 cm³/mol. The van der Waals surface area contributed by atoms with E-state index < -0.39 is 0 Å². The molecular formula is C25H21ClFN3O2. The van der Waals surface area contributed by atoms with Crippen LogP contribution in [0.4, 0.5) is 10.1 Å². The number of nitrogens with zero attached hydrogens (tertiary/aromatic N) is 3. The van der Waals surface area contributed by atoms with E-state index >= 15 is 0 Å². The smallest absolute Gasteiger partial charge is 0.227 e. The van der Waals surface area contributed by atoms with Gasteiger partial charge in [-0.15, -0.1) is 0 Å². The fourth-order valence-corrected chi connectivity index (χ4v) is 4.53. The van der Waals surface area contributed by atoms with Gasteiger partial charge in [0, 0.05) is 35.2 Å². The van der Waals surface area contributed by atoms with Crippen LogP contribution in [-0.2, 0) is 11.3 Å². The van der Waals surface area contributed by atoms with Gasteiger partial charge >= 0.3 is 0 Å². The van der Waals surface area contributed by atoms with Gasteiger partial charge in [0.05, 0.1) is 24.7 Å². The molecule has 0 bridgehead atoms. The third kappa shape index (κ3) is 3.60. The highest BCUT2D eigenvalue weighted by Crippen LogP contribution is 2.34. The lowest BCUT2D eigenvalue weighted by Crippen LogP contribution is -2.24. The van der Waals surface area contributed by atoms with Crippen molar-refractivity contribution < 1.29 is 13.9 Å². The molecule has 1 fully saturated rings. The molecule has 1 aromatic heterocycles. The fraction of sp³-hybridized carbons (Fsp3) is 0.200. The lowest BCUT2D eigenvalue weighted by molar-refractivity contribution is -0.117. The molecule has 162 valence electrons. The summed E-state index contributed by atoms with van der Waals surface area (Å²) in [7, 11) is 1.61. The summed E-state index contributed by atoms with van der Waals surface area (Å²) in [5, 5.41) is 0.371. The minimum absolute atomic E-state index is 0.0303. The Morgan fingerprint density at radius 3 is 2.62 bits per heavy atom. The molecule has 0 spiro atoms. The molecule has 0 saturated carbocycles. The quantitative estimate of drug-likeness (QED) is 0.409. The third-order valence-electron chi connectivity index (χ3n) is 5.94. The molecule has 1 atom stereocenters. The zero-order valence-electron chi connectivity index (χ0n) is 17.5. The largest absolute Gasteiger partial charge is 0.497 e. The molecule has 1 aliphatic rings. The lowest BCUT2D eigenvalue weighted by Gasteiger charge is -2.18. The molecule has 32 heavy (non-hydrogen) atoms. The lowest BCUT2D eigenvalue weighted by atomic mass is 10.1. The average Bonchev–Trinajstić information content (AvgIpc) is 3.37. The maximum Gasteiger partial charge on any atom is 0.227 e. The van der Waals surface area contributed by atoms with Crippen molar-refractivity contribution in [2.24, 2.45) is 0 Å². The molecule has 4 aromatic rings. The highest BCUT2D eigenvalue weighted by molar-refractivity contribution is 6.31. The van der Waals surface area contributed by atoms with Crippen LogP contribution in [-0.4, -0.2) is 29.1 Å². The minimum atomic E-state index is -0.358. The monoisotopic (exact) mass is 449 g/mol. The normalized spacial score (nSPS) is 16.2. The molecule has 1 amide bonds. The van der Waals surface area contributed by atoms with E-state index in [-0.39, 0.29) is 24.2 Å². The van der Waals surface area contributed by atoms with Crippen molar-refractivity contribution in [3.05, 3.63) is 89.0 Å². The summed E-state index contributed by atoms with van der Waals surface area (Å²) >= 11 is 6.31. The summed E-state index contributed by atoms with van der Waals surface area (Å²) in [5.41, 5.74) is 2.93. The first kappa shape index (κ1) is 20.5. The summed E-state index contributed by atoms with van der Waals surface area (Å²) in [6, 6.07) is 19.8. The van der Waals surface area contributed by atoms with E-state index in [1.165, 1.54) is 6.07 Å². The number of rotatable bonds is 5. The van der Waals surface area contributed by atoms with E-state index in [9.17, 15) is 9.18 Å². The van der Waals surface area contributed by atoms with Crippen LogP contribution in [0.2, 0.25) is 5.02 Å². The number of methoxy groups -OCH3 is 1. The highest BCUT2D eigenvalue weighted by Gasteiger charge is 2.35. The maximum absolute atomic E-state index is 14.6. The Kier molecular flexibility index (Phi) is 5.31. The number of hydrogen-bond acceptors (Lipinski definition) is 3. The van der Waals surface area contributed by atoms with Gasteiger partial charge in [0.1, 0.15) is 17.4 Å². The van der Waals surface area contributed by atoms with Crippen LogP contribution in [0.25, 0.3) is 11.0 Å². The van der Waals surface area contributed by atoms with Gasteiger partial charge in [-0.1, -0.05) is 29.8 Å². The second-order valence-electron chi connectivity index (χ2n) is 7.85. The summed E-state index contributed by atoms with van der Waals surface area (Å²) in [6.07, 6.45) is 0.334. The van der Waals surface area contributed by atoms with Gasteiger partial charge < -0.3 is 14.2 Å². The Hall–Kier alpha value is -3.38. The number of para-hydroxylation sites is 2. The number of anilines is 1. The molecule has 0 N–H and O–H groups in total. The van der Waals surface area contributed by atoms with Gasteiger partial charge in [-0.2, -0.15) is 0 Å². The van der Waals surface area contributed by atoms with Crippen LogP contribution in [0.1, 0.15) is 23.7 Å². The van der Waals surface area contributed by atoms with E-state index in [1.807, 2.05) is 53.1 Å². The Labute approximate surface area is 190 Å². The Balaban J connectivity index is 1.53. The first-order valence-corrected chi connectivity index (χ1v) is 10.8. The summed E-state index contributed by atoms with van der Waals surface area (Å²) in [5.74, 6) is 1.05.